The molecule has 0 fully saturated rings. The first kappa shape index (κ1) is 23.1. The lowest BCUT2D eigenvalue weighted by molar-refractivity contribution is -0.144. The molecule has 0 aliphatic rings. The first-order chi connectivity index (χ1) is 15.7. The van der Waals surface area contributed by atoms with Crippen molar-refractivity contribution in [3.63, 3.8) is 0 Å². The zero-order valence-corrected chi connectivity index (χ0v) is 17.7. The minimum absolute atomic E-state index is 0.214. The number of carbonyl (C=O) groups excluding carboxylic acids is 2. The van der Waals surface area contributed by atoms with Crippen molar-refractivity contribution in [2.45, 2.75) is 31.5 Å². The molecule has 0 N–H and O–H groups in total. The van der Waals surface area contributed by atoms with Crippen LogP contribution in [0.2, 0.25) is 0 Å². The van der Waals surface area contributed by atoms with E-state index in [1.165, 1.54) is 6.08 Å². The van der Waals surface area contributed by atoms with E-state index < -0.39 is 24.3 Å². The van der Waals surface area contributed by atoms with Gasteiger partial charge in [0.25, 0.3) is 0 Å². The maximum absolute atomic E-state index is 12.6. The van der Waals surface area contributed by atoms with Gasteiger partial charge in [0.15, 0.2) is 6.29 Å². The van der Waals surface area contributed by atoms with Gasteiger partial charge in [-0.2, -0.15) is 0 Å². The van der Waals surface area contributed by atoms with Gasteiger partial charge in [0.05, 0.1) is 18.8 Å². The largest absolute Gasteiger partial charge is 0.452 e. The average molecular weight is 431 g/mol. The number of benzene rings is 3. The lowest BCUT2D eigenvalue weighted by atomic mass is 10.1. The van der Waals surface area contributed by atoms with Crippen LogP contribution < -0.4 is 0 Å². The molecule has 32 heavy (non-hydrogen) atoms. The fourth-order valence-electron chi connectivity index (χ4n) is 3.14. The number of carbonyl (C=O) groups is 2. The number of aldehydes is 1. The zero-order valence-electron chi connectivity index (χ0n) is 17.7. The van der Waals surface area contributed by atoms with E-state index in [2.05, 4.69) is 6.58 Å². The lowest BCUT2D eigenvalue weighted by Crippen LogP contribution is -2.43. The first-order valence-corrected chi connectivity index (χ1v) is 10.4. The minimum Gasteiger partial charge on any atom is -0.452 e. The summed E-state index contributed by atoms with van der Waals surface area (Å²) >= 11 is 0. The second-order valence-electron chi connectivity index (χ2n) is 7.13. The third-order valence-corrected chi connectivity index (χ3v) is 4.84. The Morgan fingerprint density at radius 2 is 1.25 bits per heavy atom. The molecule has 0 aromatic heterocycles. The number of esters is 1. The Kier molecular flexibility index (Phi) is 8.92. The summed E-state index contributed by atoms with van der Waals surface area (Å²) in [6, 6.07) is 27.7. The lowest BCUT2D eigenvalue weighted by Gasteiger charge is -2.29. The van der Waals surface area contributed by atoms with Crippen molar-refractivity contribution in [1.29, 1.82) is 0 Å². The van der Waals surface area contributed by atoms with Crippen molar-refractivity contribution < 1.29 is 23.8 Å². The predicted octanol–water partition coefficient (Wildman–Crippen LogP) is 4.77. The summed E-state index contributed by atoms with van der Waals surface area (Å²) in [5, 5.41) is 0. The van der Waals surface area contributed by atoms with E-state index >= 15 is 0 Å². The van der Waals surface area contributed by atoms with Crippen molar-refractivity contribution in [2.24, 2.45) is 0 Å². The Morgan fingerprint density at radius 1 is 0.750 bits per heavy atom. The molecule has 0 saturated heterocycles. The van der Waals surface area contributed by atoms with Crippen LogP contribution in [0.25, 0.3) is 0 Å². The van der Waals surface area contributed by atoms with E-state index in [0.717, 1.165) is 11.1 Å². The highest BCUT2D eigenvalue weighted by Crippen LogP contribution is 2.18. The number of hydrogen-bond donors (Lipinski definition) is 0. The van der Waals surface area contributed by atoms with Crippen LogP contribution in [-0.2, 0) is 32.2 Å². The maximum atomic E-state index is 12.6. The van der Waals surface area contributed by atoms with Crippen LogP contribution in [0, 0.1) is 0 Å². The van der Waals surface area contributed by atoms with Crippen LogP contribution in [0.1, 0.15) is 21.5 Å². The molecule has 0 saturated carbocycles. The van der Waals surface area contributed by atoms with Crippen molar-refractivity contribution in [1.82, 2.24) is 0 Å². The van der Waals surface area contributed by atoms with Gasteiger partial charge in [0.2, 0.25) is 0 Å². The maximum Gasteiger partial charge on any atom is 0.338 e. The monoisotopic (exact) mass is 430 g/mol. The molecule has 0 aliphatic carbocycles. The highest BCUT2D eigenvalue weighted by molar-refractivity contribution is 5.89. The van der Waals surface area contributed by atoms with Gasteiger partial charge in [0.1, 0.15) is 18.3 Å². The molecule has 5 nitrogen and oxygen atoms in total. The Labute approximate surface area is 188 Å². The summed E-state index contributed by atoms with van der Waals surface area (Å²) in [5.41, 5.74) is 2.23. The van der Waals surface area contributed by atoms with Crippen molar-refractivity contribution in [3.05, 3.63) is 120 Å². The fourth-order valence-corrected chi connectivity index (χ4v) is 3.14. The minimum atomic E-state index is -0.967. The Bertz CT molecular complexity index is 973. The van der Waals surface area contributed by atoms with Gasteiger partial charge in [-0.15, -0.1) is 0 Å². The van der Waals surface area contributed by atoms with Crippen LogP contribution in [-0.4, -0.2) is 30.6 Å². The summed E-state index contributed by atoms with van der Waals surface area (Å²) in [7, 11) is 0. The standard InChI is InChI=1S/C27H26O5/c1-2-24(32-27(29)23-16-10-5-11-17-23)26(31-20-22-14-8-4-9-15-22)25(18-28)30-19-21-12-6-3-7-13-21/h2-18,24-26H,1,19-20H2/t24-,25+,26+/m1/s1. The van der Waals surface area contributed by atoms with E-state index in [9.17, 15) is 9.59 Å². The first-order valence-electron chi connectivity index (χ1n) is 10.4. The normalized spacial score (nSPS) is 13.5. The molecule has 0 radical (unpaired) electrons. The van der Waals surface area contributed by atoms with Gasteiger partial charge >= 0.3 is 5.97 Å². The number of rotatable bonds is 12. The van der Waals surface area contributed by atoms with Crippen LogP contribution >= 0.6 is 0 Å². The van der Waals surface area contributed by atoms with E-state index in [1.54, 1.807) is 24.3 Å². The SMILES string of the molecule is C=C[C@@H](OC(=O)c1ccccc1)[C@H](OCc1ccccc1)[C@H](C=O)OCc1ccccc1. The molecular formula is C27H26O5. The second-order valence-corrected chi connectivity index (χ2v) is 7.13. The van der Waals surface area contributed by atoms with Gasteiger partial charge in [-0.25, -0.2) is 4.79 Å². The number of ether oxygens (including phenoxy) is 3. The zero-order chi connectivity index (χ0) is 22.6. The quantitative estimate of drug-likeness (QED) is 0.235. The summed E-state index contributed by atoms with van der Waals surface area (Å²) in [6.45, 7) is 4.22. The smallest absolute Gasteiger partial charge is 0.338 e. The summed E-state index contributed by atoms with van der Waals surface area (Å²) in [5.74, 6) is -0.531. The van der Waals surface area contributed by atoms with Crippen LogP contribution in [0.15, 0.2) is 104 Å². The van der Waals surface area contributed by atoms with Gasteiger partial charge < -0.3 is 19.0 Å². The topological polar surface area (TPSA) is 61.8 Å². The fraction of sp³-hybridized carbons (Fsp3) is 0.185. The third kappa shape index (κ3) is 6.74. The van der Waals surface area contributed by atoms with E-state index in [1.807, 2.05) is 66.7 Å². The number of hydrogen-bond acceptors (Lipinski definition) is 5. The van der Waals surface area contributed by atoms with Crippen LogP contribution in [0.4, 0.5) is 0 Å². The molecule has 5 heteroatoms. The molecule has 3 rings (SSSR count). The molecule has 0 spiro atoms. The highest BCUT2D eigenvalue weighted by Gasteiger charge is 2.33. The van der Waals surface area contributed by atoms with E-state index in [0.29, 0.717) is 11.8 Å². The molecule has 0 bridgehead atoms. The molecule has 0 unspecified atom stereocenters. The third-order valence-electron chi connectivity index (χ3n) is 4.84. The predicted molar refractivity (Wildman–Crippen MR) is 122 cm³/mol. The van der Waals surface area contributed by atoms with Crippen LogP contribution in [0.5, 0.6) is 0 Å². The van der Waals surface area contributed by atoms with Crippen molar-refractivity contribution in [2.75, 3.05) is 0 Å². The summed E-state index contributed by atoms with van der Waals surface area (Å²) in [4.78, 5) is 24.6. The molecule has 164 valence electrons. The molecule has 3 aromatic rings. The van der Waals surface area contributed by atoms with Crippen molar-refractivity contribution in [3.8, 4) is 0 Å². The molecule has 0 amide bonds. The Balaban J connectivity index is 1.77. The van der Waals surface area contributed by atoms with Crippen molar-refractivity contribution >= 4 is 12.3 Å². The molecule has 3 aromatic carbocycles. The van der Waals surface area contributed by atoms with Gasteiger partial charge in [-0.05, 0) is 29.3 Å². The van der Waals surface area contributed by atoms with E-state index in [4.69, 9.17) is 14.2 Å². The van der Waals surface area contributed by atoms with Gasteiger partial charge in [-0.3, -0.25) is 0 Å². The molecule has 0 heterocycles. The van der Waals surface area contributed by atoms with E-state index in [-0.39, 0.29) is 13.2 Å². The van der Waals surface area contributed by atoms with Crippen LogP contribution in [0.3, 0.4) is 0 Å². The Hall–Kier alpha value is -3.54. The molecule has 0 aliphatic heterocycles. The summed E-state index contributed by atoms with van der Waals surface area (Å²) in [6.07, 6.45) is -0.603. The van der Waals surface area contributed by atoms with Gasteiger partial charge in [-0.1, -0.05) is 85.4 Å². The average Bonchev–Trinajstić information content (AvgIpc) is 2.86. The second kappa shape index (κ2) is 12.3. The Morgan fingerprint density at radius 3 is 1.75 bits per heavy atom. The molecular weight excluding hydrogens is 404 g/mol. The highest BCUT2D eigenvalue weighted by atomic mass is 16.6. The summed E-state index contributed by atoms with van der Waals surface area (Å²) < 4.78 is 17.6. The van der Waals surface area contributed by atoms with Gasteiger partial charge in [0, 0.05) is 0 Å². The molecule has 3 atom stereocenters.